The molecule has 4 fully saturated rings. The Kier molecular flexibility index (Phi) is 7.47. The Bertz CT molecular complexity index is 1150. The predicted molar refractivity (Wildman–Crippen MR) is 145 cm³/mol. The highest BCUT2D eigenvalue weighted by Gasteiger charge is 2.51. The SMILES string of the molecule is COc1cccc(NC(=O)CN(C)C(=O)c2ccccc2SCC(=O)NC23CC4CC(CC(C4)C2)C3)c1. The summed E-state index contributed by atoms with van der Waals surface area (Å²) in [5.41, 5.74) is 1.08. The van der Waals surface area contributed by atoms with Crippen LogP contribution in [0.2, 0.25) is 0 Å². The zero-order valence-electron chi connectivity index (χ0n) is 21.5. The Hall–Kier alpha value is -3.00. The average molecular weight is 522 g/mol. The first-order valence-electron chi connectivity index (χ1n) is 13.0. The zero-order valence-corrected chi connectivity index (χ0v) is 22.3. The van der Waals surface area contributed by atoms with E-state index < -0.39 is 0 Å². The van der Waals surface area contributed by atoms with Crippen LogP contribution in [-0.4, -0.2) is 54.6 Å². The monoisotopic (exact) mass is 521 g/mol. The normalized spacial score (nSPS) is 25.4. The van der Waals surface area contributed by atoms with Gasteiger partial charge in [-0.2, -0.15) is 0 Å². The molecule has 0 unspecified atom stereocenters. The molecule has 0 aliphatic heterocycles. The third kappa shape index (κ3) is 5.95. The molecule has 2 aromatic rings. The van der Waals surface area contributed by atoms with Crippen molar-refractivity contribution >= 4 is 35.2 Å². The molecule has 2 aromatic carbocycles. The van der Waals surface area contributed by atoms with Crippen molar-refractivity contribution in [1.82, 2.24) is 10.2 Å². The van der Waals surface area contributed by atoms with Crippen molar-refractivity contribution < 1.29 is 19.1 Å². The first-order chi connectivity index (χ1) is 17.8. The lowest BCUT2D eigenvalue weighted by Gasteiger charge is -2.56. The highest BCUT2D eigenvalue weighted by molar-refractivity contribution is 8.00. The third-order valence-electron chi connectivity index (χ3n) is 8.00. The number of nitrogens with zero attached hydrogens (tertiary/aromatic N) is 1. The summed E-state index contributed by atoms with van der Waals surface area (Å²) in [4.78, 5) is 40.9. The highest BCUT2D eigenvalue weighted by Crippen LogP contribution is 2.55. The molecule has 37 heavy (non-hydrogen) atoms. The van der Waals surface area contributed by atoms with Gasteiger partial charge in [0.1, 0.15) is 5.75 Å². The van der Waals surface area contributed by atoms with Gasteiger partial charge in [-0.1, -0.05) is 18.2 Å². The van der Waals surface area contributed by atoms with Crippen LogP contribution in [0.4, 0.5) is 5.69 Å². The number of nitrogens with one attached hydrogen (secondary N) is 2. The van der Waals surface area contributed by atoms with Crippen molar-refractivity contribution in [2.45, 2.75) is 49.0 Å². The standard InChI is InChI=1S/C29H35N3O4S/c1-32(17-26(33)30-22-6-5-7-23(13-22)36-2)28(35)24-8-3-4-9-25(24)37-18-27(34)31-29-14-19-10-20(15-29)12-21(11-19)16-29/h3-9,13,19-21H,10-12,14-18H2,1-2H3,(H,30,33)(H,31,34). The lowest BCUT2D eigenvalue weighted by atomic mass is 9.53. The van der Waals surface area contributed by atoms with Gasteiger partial charge < -0.3 is 20.3 Å². The number of anilines is 1. The second kappa shape index (κ2) is 10.8. The second-order valence-electron chi connectivity index (χ2n) is 11.0. The number of amides is 3. The minimum absolute atomic E-state index is 0.0158. The first kappa shape index (κ1) is 25.6. The molecule has 0 heterocycles. The van der Waals surface area contributed by atoms with Gasteiger partial charge in [-0.15, -0.1) is 11.8 Å². The van der Waals surface area contributed by atoms with Gasteiger partial charge in [0.15, 0.2) is 0 Å². The average Bonchev–Trinajstić information content (AvgIpc) is 2.86. The first-order valence-corrected chi connectivity index (χ1v) is 14.0. The van der Waals surface area contributed by atoms with Crippen LogP contribution in [0.15, 0.2) is 53.4 Å². The van der Waals surface area contributed by atoms with Gasteiger partial charge in [0.25, 0.3) is 5.91 Å². The Labute approximate surface area is 222 Å². The van der Waals surface area contributed by atoms with Gasteiger partial charge in [0.2, 0.25) is 11.8 Å². The van der Waals surface area contributed by atoms with Gasteiger partial charge in [-0.3, -0.25) is 14.4 Å². The maximum absolute atomic E-state index is 13.2. The highest BCUT2D eigenvalue weighted by atomic mass is 32.2. The summed E-state index contributed by atoms with van der Waals surface area (Å²) in [5, 5.41) is 6.21. The fraction of sp³-hybridized carbons (Fsp3) is 0.483. The maximum Gasteiger partial charge on any atom is 0.255 e. The van der Waals surface area contributed by atoms with Crippen molar-refractivity contribution in [3.05, 3.63) is 54.1 Å². The van der Waals surface area contributed by atoms with Crippen molar-refractivity contribution in [3.63, 3.8) is 0 Å². The predicted octanol–water partition coefficient (Wildman–Crippen LogP) is 4.58. The number of carbonyl (C=O) groups excluding carboxylic acids is 3. The summed E-state index contributed by atoms with van der Waals surface area (Å²) in [5.74, 6) is 2.71. The summed E-state index contributed by atoms with van der Waals surface area (Å²) in [6, 6.07) is 14.4. The van der Waals surface area contributed by atoms with Crippen LogP contribution in [0.1, 0.15) is 48.9 Å². The number of methoxy groups -OCH3 is 1. The molecular formula is C29H35N3O4S. The number of likely N-dealkylation sites (N-methyl/N-ethyl adjacent to an activating group) is 1. The van der Waals surface area contributed by atoms with Crippen LogP contribution >= 0.6 is 11.8 Å². The molecule has 0 spiro atoms. The summed E-state index contributed by atoms with van der Waals surface area (Å²) >= 11 is 1.38. The molecule has 196 valence electrons. The van der Waals surface area contributed by atoms with E-state index in [1.165, 1.54) is 35.9 Å². The molecule has 0 radical (unpaired) electrons. The topological polar surface area (TPSA) is 87.7 Å². The number of ether oxygens (including phenoxy) is 1. The van der Waals surface area contributed by atoms with Gasteiger partial charge in [-0.05, 0) is 80.5 Å². The molecule has 4 aliphatic carbocycles. The molecule has 4 saturated carbocycles. The van der Waals surface area contributed by atoms with E-state index in [0.717, 1.165) is 41.9 Å². The van der Waals surface area contributed by atoms with Crippen LogP contribution in [0.5, 0.6) is 5.75 Å². The third-order valence-corrected chi connectivity index (χ3v) is 9.07. The Morgan fingerprint density at radius 1 is 0.973 bits per heavy atom. The summed E-state index contributed by atoms with van der Waals surface area (Å²) in [7, 11) is 3.17. The van der Waals surface area contributed by atoms with Gasteiger partial charge in [0.05, 0.1) is 25.0 Å². The Balaban J connectivity index is 1.16. The van der Waals surface area contributed by atoms with E-state index in [4.69, 9.17) is 4.74 Å². The van der Waals surface area contributed by atoms with E-state index in [0.29, 0.717) is 17.0 Å². The van der Waals surface area contributed by atoms with Crippen molar-refractivity contribution in [1.29, 1.82) is 0 Å². The summed E-state index contributed by atoms with van der Waals surface area (Å²) < 4.78 is 5.19. The minimum atomic E-state index is -0.302. The molecule has 4 bridgehead atoms. The van der Waals surface area contributed by atoms with Crippen LogP contribution in [-0.2, 0) is 9.59 Å². The number of carbonyl (C=O) groups is 3. The molecular weight excluding hydrogens is 486 g/mol. The molecule has 8 heteroatoms. The lowest BCUT2D eigenvalue weighted by molar-refractivity contribution is -0.124. The number of thioether (sulfide) groups is 1. The molecule has 6 rings (SSSR count). The smallest absolute Gasteiger partial charge is 0.255 e. The van der Waals surface area contributed by atoms with Crippen LogP contribution in [0.3, 0.4) is 0 Å². The summed E-state index contributed by atoms with van der Waals surface area (Å²) in [6.45, 7) is -0.0957. The van der Waals surface area contributed by atoms with Crippen molar-refractivity contribution in [2.75, 3.05) is 31.8 Å². The van der Waals surface area contributed by atoms with E-state index in [1.807, 2.05) is 12.1 Å². The van der Waals surface area contributed by atoms with Gasteiger partial charge in [-0.25, -0.2) is 0 Å². The number of hydrogen-bond donors (Lipinski definition) is 2. The van der Waals surface area contributed by atoms with E-state index in [1.54, 1.807) is 50.6 Å². The quantitative estimate of drug-likeness (QED) is 0.472. The molecule has 0 atom stereocenters. The van der Waals surface area contributed by atoms with Crippen LogP contribution in [0, 0.1) is 17.8 Å². The van der Waals surface area contributed by atoms with E-state index in [-0.39, 0.29) is 35.6 Å². The van der Waals surface area contributed by atoms with Gasteiger partial charge >= 0.3 is 0 Å². The largest absolute Gasteiger partial charge is 0.497 e. The minimum Gasteiger partial charge on any atom is -0.497 e. The lowest BCUT2D eigenvalue weighted by Crippen LogP contribution is -2.60. The van der Waals surface area contributed by atoms with Crippen molar-refractivity contribution in [3.8, 4) is 5.75 Å². The molecule has 7 nitrogen and oxygen atoms in total. The molecule has 3 amide bonds. The van der Waals surface area contributed by atoms with E-state index >= 15 is 0 Å². The molecule has 2 N–H and O–H groups in total. The number of benzene rings is 2. The summed E-state index contributed by atoms with van der Waals surface area (Å²) in [6.07, 6.45) is 7.37. The van der Waals surface area contributed by atoms with E-state index in [2.05, 4.69) is 10.6 Å². The van der Waals surface area contributed by atoms with Crippen LogP contribution < -0.4 is 15.4 Å². The number of hydrogen-bond acceptors (Lipinski definition) is 5. The van der Waals surface area contributed by atoms with E-state index in [9.17, 15) is 14.4 Å². The number of rotatable bonds is 9. The van der Waals surface area contributed by atoms with Crippen molar-refractivity contribution in [2.24, 2.45) is 17.8 Å². The fourth-order valence-electron chi connectivity index (χ4n) is 6.90. The Morgan fingerprint density at radius 2 is 1.65 bits per heavy atom. The zero-order chi connectivity index (χ0) is 26.0. The van der Waals surface area contributed by atoms with Gasteiger partial charge in [0, 0.05) is 29.2 Å². The Morgan fingerprint density at radius 3 is 2.32 bits per heavy atom. The van der Waals surface area contributed by atoms with Crippen LogP contribution in [0.25, 0.3) is 0 Å². The maximum atomic E-state index is 13.2. The second-order valence-corrected chi connectivity index (χ2v) is 12.0. The fourth-order valence-corrected chi connectivity index (χ4v) is 7.75. The molecule has 0 aromatic heterocycles. The molecule has 4 aliphatic rings. The molecule has 0 saturated heterocycles.